The third-order valence-electron chi connectivity index (χ3n) is 3.03. The van der Waals surface area contributed by atoms with Crippen molar-refractivity contribution in [1.29, 1.82) is 0 Å². The highest BCUT2D eigenvalue weighted by atomic mass is 15.2. The van der Waals surface area contributed by atoms with Crippen LogP contribution in [0.3, 0.4) is 0 Å². The summed E-state index contributed by atoms with van der Waals surface area (Å²) in [7, 11) is 0. The van der Waals surface area contributed by atoms with Crippen LogP contribution in [0.2, 0.25) is 0 Å². The number of nitrogens with zero attached hydrogens (tertiary/aromatic N) is 2. The minimum atomic E-state index is 0.875. The smallest absolute Gasteiger partial charge is 0.203 e. The highest BCUT2D eigenvalue weighted by Crippen LogP contribution is 2.14. The van der Waals surface area contributed by atoms with Gasteiger partial charge in [-0.3, -0.25) is 0 Å². The molecule has 0 saturated carbocycles. The third-order valence-corrected chi connectivity index (χ3v) is 3.03. The summed E-state index contributed by atoms with van der Waals surface area (Å²) < 4.78 is 2.19. The number of nitrogens with one attached hydrogen (secondary N) is 1. The molecule has 3 heteroatoms. The van der Waals surface area contributed by atoms with E-state index in [1.807, 2.05) is 6.92 Å². The van der Waals surface area contributed by atoms with Crippen molar-refractivity contribution in [2.24, 2.45) is 0 Å². The van der Waals surface area contributed by atoms with E-state index in [1.54, 1.807) is 0 Å². The standard InChI is InChI=1S/C15H21N3/c1-4-9-16-15-17-13(3)10-18(15)11-14-8-6-5-7-12(14)2/h5-8,10H,4,9,11H2,1-3H3,(H,16,17). The van der Waals surface area contributed by atoms with Gasteiger partial charge in [0.05, 0.1) is 12.2 Å². The molecule has 1 N–H and O–H groups in total. The van der Waals surface area contributed by atoms with Crippen LogP contribution in [-0.4, -0.2) is 16.1 Å². The second kappa shape index (κ2) is 5.71. The number of imidazole rings is 1. The van der Waals surface area contributed by atoms with Crippen molar-refractivity contribution in [3.63, 3.8) is 0 Å². The number of hydrogen-bond acceptors (Lipinski definition) is 2. The Morgan fingerprint density at radius 3 is 2.72 bits per heavy atom. The Balaban J connectivity index is 2.20. The van der Waals surface area contributed by atoms with E-state index in [9.17, 15) is 0 Å². The fourth-order valence-corrected chi connectivity index (χ4v) is 2.02. The van der Waals surface area contributed by atoms with E-state index in [0.717, 1.165) is 31.2 Å². The molecule has 18 heavy (non-hydrogen) atoms. The lowest BCUT2D eigenvalue weighted by Crippen LogP contribution is -2.09. The Morgan fingerprint density at radius 1 is 1.22 bits per heavy atom. The van der Waals surface area contributed by atoms with Crippen LogP contribution in [0.4, 0.5) is 5.95 Å². The zero-order valence-electron chi connectivity index (χ0n) is 11.4. The molecule has 1 heterocycles. The Hall–Kier alpha value is -1.77. The highest BCUT2D eigenvalue weighted by molar-refractivity contribution is 5.32. The average Bonchev–Trinajstić information content (AvgIpc) is 2.70. The molecule has 1 aromatic carbocycles. The van der Waals surface area contributed by atoms with E-state index in [0.29, 0.717) is 0 Å². The summed E-state index contributed by atoms with van der Waals surface area (Å²) in [4.78, 5) is 4.53. The minimum absolute atomic E-state index is 0.875. The van der Waals surface area contributed by atoms with E-state index in [1.165, 1.54) is 11.1 Å². The monoisotopic (exact) mass is 243 g/mol. The zero-order chi connectivity index (χ0) is 13.0. The van der Waals surface area contributed by atoms with Crippen LogP contribution in [-0.2, 0) is 6.54 Å². The Bertz CT molecular complexity index is 514. The number of aromatic nitrogens is 2. The fourth-order valence-electron chi connectivity index (χ4n) is 2.02. The lowest BCUT2D eigenvalue weighted by atomic mass is 10.1. The van der Waals surface area contributed by atoms with Gasteiger partial charge in [0.25, 0.3) is 0 Å². The minimum Gasteiger partial charge on any atom is -0.356 e. The highest BCUT2D eigenvalue weighted by Gasteiger charge is 2.06. The van der Waals surface area contributed by atoms with Crippen LogP contribution in [0.15, 0.2) is 30.5 Å². The third kappa shape index (κ3) is 2.92. The van der Waals surface area contributed by atoms with Gasteiger partial charge in [-0.2, -0.15) is 0 Å². The zero-order valence-corrected chi connectivity index (χ0v) is 11.4. The quantitative estimate of drug-likeness (QED) is 0.872. The summed E-state index contributed by atoms with van der Waals surface area (Å²) in [5, 5.41) is 3.38. The molecule has 0 amide bonds. The van der Waals surface area contributed by atoms with Gasteiger partial charge in [-0.1, -0.05) is 31.2 Å². The van der Waals surface area contributed by atoms with Gasteiger partial charge in [0.15, 0.2) is 0 Å². The molecule has 0 spiro atoms. The molecule has 0 bridgehead atoms. The van der Waals surface area contributed by atoms with Crippen molar-refractivity contribution in [1.82, 2.24) is 9.55 Å². The average molecular weight is 243 g/mol. The summed E-state index contributed by atoms with van der Waals surface area (Å²) in [5.41, 5.74) is 3.72. The van der Waals surface area contributed by atoms with Crippen molar-refractivity contribution < 1.29 is 0 Å². The van der Waals surface area contributed by atoms with Gasteiger partial charge in [0.2, 0.25) is 5.95 Å². The topological polar surface area (TPSA) is 29.9 Å². The van der Waals surface area contributed by atoms with Gasteiger partial charge < -0.3 is 9.88 Å². The largest absolute Gasteiger partial charge is 0.356 e. The van der Waals surface area contributed by atoms with Crippen LogP contribution < -0.4 is 5.32 Å². The first-order valence-corrected chi connectivity index (χ1v) is 6.53. The number of rotatable bonds is 5. The van der Waals surface area contributed by atoms with Gasteiger partial charge in [0.1, 0.15) is 0 Å². The molecule has 0 atom stereocenters. The van der Waals surface area contributed by atoms with Crippen molar-refractivity contribution in [2.75, 3.05) is 11.9 Å². The molecule has 0 saturated heterocycles. The summed E-state index contributed by atoms with van der Waals surface area (Å²) in [6.07, 6.45) is 3.21. The van der Waals surface area contributed by atoms with E-state index < -0.39 is 0 Å². The van der Waals surface area contributed by atoms with Crippen molar-refractivity contribution in [3.8, 4) is 0 Å². The Kier molecular flexibility index (Phi) is 4.03. The molecule has 0 radical (unpaired) electrons. The van der Waals surface area contributed by atoms with Crippen LogP contribution in [0.1, 0.15) is 30.2 Å². The van der Waals surface area contributed by atoms with Crippen molar-refractivity contribution in [2.45, 2.75) is 33.7 Å². The van der Waals surface area contributed by atoms with Gasteiger partial charge in [-0.15, -0.1) is 0 Å². The first-order valence-electron chi connectivity index (χ1n) is 6.53. The van der Waals surface area contributed by atoms with E-state index in [4.69, 9.17) is 0 Å². The van der Waals surface area contributed by atoms with Crippen LogP contribution >= 0.6 is 0 Å². The maximum atomic E-state index is 4.53. The Labute approximate surface area is 109 Å². The van der Waals surface area contributed by atoms with Gasteiger partial charge in [-0.25, -0.2) is 4.98 Å². The maximum absolute atomic E-state index is 4.53. The number of aryl methyl sites for hydroxylation is 2. The number of hydrogen-bond donors (Lipinski definition) is 1. The summed E-state index contributed by atoms with van der Waals surface area (Å²) >= 11 is 0. The second-order valence-electron chi connectivity index (χ2n) is 4.69. The van der Waals surface area contributed by atoms with Gasteiger partial charge >= 0.3 is 0 Å². The summed E-state index contributed by atoms with van der Waals surface area (Å²) in [6.45, 7) is 8.18. The molecule has 0 unspecified atom stereocenters. The second-order valence-corrected chi connectivity index (χ2v) is 4.69. The lowest BCUT2D eigenvalue weighted by molar-refractivity contribution is 0.788. The van der Waals surface area contributed by atoms with Crippen LogP contribution in [0.25, 0.3) is 0 Å². The maximum Gasteiger partial charge on any atom is 0.203 e. The summed E-state index contributed by atoms with van der Waals surface area (Å²) in [5.74, 6) is 0.970. The predicted molar refractivity (Wildman–Crippen MR) is 76.0 cm³/mol. The van der Waals surface area contributed by atoms with E-state index >= 15 is 0 Å². The van der Waals surface area contributed by atoms with Crippen LogP contribution in [0.5, 0.6) is 0 Å². The molecule has 0 fully saturated rings. The lowest BCUT2D eigenvalue weighted by Gasteiger charge is -2.10. The predicted octanol–water partition coefficient (Wildman–Crippen LogP) is 3.37. The molecule has 1 aromatic heterocycles. The molecule has 2 rings (SSSR count). The van der Waals surface area contributed by atoms with Crippen molar-refractivity contribution in [3.05, 3.63) is 47.3 Å². The molecule has 0 aliphatic rings. The van der Waals surface area contributed by atoms with Gasteiger partial charge in [0, 0.05) is 12.7 Å². The van der Waals surface area contributed by atoms with Gasteiger partial charge in [-0.05, 0) is 31.4 Å². The molecule has 3 nitrogen and oxygen atoms in total. The normalized spacial score (nSPS) is 10.6. The summed E-state index contributed by atoms with van der Waals surface area (Å²) in [6, 6.07) is 8.49. The molecule has 96 valence electrons. The van der Waals surface area contributed by atoms with E-state index in [-0.39, 0.29) is 0 Å². The SMILES string of the molecule is CCCNc1nc(C)cn1Cc1ccccc1C. The molecule has 0 aliphatic carbocycles. The molecule has 2 aromatic rings. The number of benzene rings is 1. The first-order chi connectivity index (χ1) is 8.70. The van der Waals surface area contributed by atoms with Crippen LogP contribution in [0, 0.1) is 13.8 Å². The fraction of sp³-hybridized carbons (Fsp3) is 0.400. The molecular weight excluding hydrogens is 222 g/mol. The van der Waals surface area contributed by atoms with E-state index in [2.05, 4.69) is 59.2 Å². The molecule has 0 aliphatic heterocycles. The Morgan fingerprint density at radius 2 is 2.00 bits per heavy atom. The number of anilines is 1. The van der Waals surface area contributed by atoms with Crippen molar-refractivity contribution >= 4 is 5.95 Å². The molecular formula is C15H21N3. The first kappa shape index (κ1) is 12.7.